The Morgan fingerprint density at radius 1 is 1.26 bits per heavy atom. The van der Waals surface area contributed by atoms with Crippen molar-refractivity contribution in [3.8, 4) is 5.75 Å². The number of nitrogens with one attached hydrogen (secondary N) is 1. The highest BCUT2D eigenvalue weighted by molar-refractivity contribution is 7.90. The van der Waals surface area contributed by atoms with Gasteiger partial charge in [0.15, 0.2) is 0 Å². The van der Waals surface area contributed by atoms with Crippen molar-refractivity contribution in [2.45, 2.75) is 44.4 Å². The van der Waals surface area contributed by atoms with Gasteiger partial charge in [-0.15, -0.1) is 0 Å². The second-order valence-electron chi connectivity index (χ2n) is 6.66. The third kappa shape index (κ3) is 4.93. The monoisotopic (exact) mass is 340 g/mol. The summed E-state index contributed by atoms with van der Waals surface area (Å²) in [6.07, 6.45) is 0.706. The number of methoxy groups -OCH3 is 1. The Labute approximate surface area is 140 Å². The molecule has 0 saturated carbocycles. The summed E-state index contributed by atoms with van der Waals surface area (Å²) in [5, 5.41) is -0.298. The van der Waals surface area contributed by atoms with Crippen LogP contribution in [-0.4, -0.2) is 51.4 Å². The van der Waals surface area contributed by atoms with Crippen molar-refractivity contribution in [1.29, 1.82) is 0 Å². The fourth-order valence-corrected chi connectivity index (χ4v) is 4.74. The van der Waals surface area contributed by atoms with E-state index in [0.717, 1.165) is 18.8 Å². The summed E-state index contributed by atoms with van der Waals surface area (Å²) in [5.74, 6) is 1.22. The molecule has 1 aromatic carbocycles. The first-order valence-electron chi connectivity index (χ1n) is 8.19. The molecule has 1 saturated heterocycles. The summed E-state index contributed by atoms with van der Waals surface area (Å²) in [6, 6.07) is 8.04. The van der Waals surface area contributed by atoms with Crippen LogP contribution in [0.3, 0.4) is 0 Å². The van der Waals surface area contributed by atoms with Crippen LogP contribution in [0, 0.1) is 0 Å². The molecule has 1 aliphatic rings. The van der Waals surface area contributed by atoms with Gasteiger partial charge in [-0.2, -0.15) is 0 Å². The van der Waals surface area contributed by atoms with E-state index in [0.29, 0.717) is 18.9 Å². The minimum absolute atomic E-state index is 0.0488. The molecule has 1 aromatic rings. The first-order valence-corrected chi connectivity index (χ1v) is 9.74. The minimum Gasteiger partial charge on any atom is -0.497 e. The zero-order chi connectivity index (χ0) is 17.0. The normalized spacial score (nSPS) is 20.8. The molecule has 0 spiro atoms. The van der Waals surface area contributed by atoms with Crippen molar-refractivity contribution in [2.24, 2.45) is 0 Å². The van der Waals surface area contributed by atoms with Gasteiger partial charge < -0.3 is 9.64 Å². The van der Waals surface area contributed by atoms with Gasteiger partial charge in [0, 0.05) is 19.1 Å². The lowest BCUT2D eigenvalue weighted by molar-refractivity contribution is 0.320. The van der Waals surface area contributed by atoms with Crippen LogP contribution in [0.4, 0.5) is 0 Å². The van der Waals surface area contributed by atoms with Crippen LogP contribution in [0.25, 0.3) is 0 Å². The summed E-state index contributed by atoms with van der Waals surface area (Å²) in [4.78, 5) is 2.25. The number of ether oxygens (including phenoxy) is 1. The quantitative estimate of drug-likeness (QED) is 0.827. The second-order valence-corrected chi connectivity index (χ2v) is 8.65. The van der Waals surface area contributed by atoms with Gasteiger partial charge >= 0.3 is 0 Å². The SMILES string of the molecule is COc1ccc(C(C)CN2CCC(S(=O)(=O)NC(C)C)C2)cc1. The summed E-state index contributed by atoms with van der Waals surface area (Å²) in [6.45, 7) is 8.22. The molecule has 2 atom stereocenters. The van der Waals surface area contributed by atoms with Gasteiger partial charge in [0.2, 0.25) is 10.0 Å². The molecule has 0 amide bonds. The molecule has 2 unspecified atom stereocenters. The first kappa shape index (κ1) is 18.2. The van der Waals surface area contributed by atoms with Gasteiger partial charge in [0.05, 0.1) is 12.4 Å². The number of hydrogen-bond acceptors (Lipinski definition) is 4. The van der Waals surface area contributed by atoms with Crippen LogP contribution in [0.5, 0.6) is 5.75 Å². The fraction of sp³-hybridized carbons (Fsp3) is 0.647. The Balaban J connectivity index is 1.91. The van der Waals surface area contributed by atoms with Gasteiger partial charge in [0.25, 0.3) is 0 Å². The number of likely N-dealkylation sites (tertiary alicyclic amines) is 1. The molecule has 5 nitrogen and oxygen atoms in total. The first-order chi connectivity index (χ1) is 10.8. The topological polar surface area (TPSA) is 58.6 Å². The zero-order valence-electron chi connectivity index (χ0n) is 14.5. The predicted octanol–water partition coefficient (Wildman–Crippen LogP) is 2.20. The van der Waals surface area contributed by atoms with Crippen LogP contribution in [0.2, 0.25) is 0 Å². The van der Waals surface area contributed by atoms with E-state index in [2.05, 4.69) is 28.7 Å². The Bertz CT molecular complexity index is 599. The second kappa shape index (κ2) is 7.64. The summed E-state index contributed by atoms with van der Waals surface area (Å²) >= 11 is 0. The maximum absolute atomic E-state index is 12.3. The standard InChI is InChI=1S/C17H28N2O3S/c1-13(2)18-23(20,21)17-9-10-19(12-17)11-14(3)15-5-7-16(22-4)8-6-15/h5-8,13-14,17-18H,9-12H2,1-4H3. The van der Waals surface area contributed by atoms with Crippen molar-refractivity contribution in [3.63, 3.8) is 0 Å². The fourth-order valence-electron chi connectivity index (χ4n) is 3.07. The van der Waals surface area contributed by atoms with E-state index < -0.39 is 10.0 Å². The van der Waals surface area contributed by atoms with Crippen LogP contribution >= 0.6 is 0 Å². The van der Waals surface area contributed by atoms with Gasteiger partial charge in [-0.05, 0) is 50.4 Å². The highest BCUT2D eigenvalue weighted by Crippen LogP contribution is 2.23. The van der Waals surface area contributed by atoms with Crippen molar-refractivity contribution in [1.82, 2.24) is 9.62 Å². The number of sulfonamides is 1. The molecular weight excluding hydrogens is 312 g/mol. The number of rotatable bonds is 7. The lowest BCUT2D eigenvalue weighted by Gasteiger charge is -2.21. The largest absolute Gasteiger partial charge is 0.497 e. The molecule has 0 radical (unpaired) electrons. The average molecular weight is 340 g/mol. The van der Waals surface area contributed by atoms with Gasteiger partial charge in [-0.25, -0.2) is 13.1 Å². The third-order valence-electron chi connectivity index (χ3n) is 4.28. The van der Waals surface area contributed by atoms with E-state index in [1.807, 2.05) is 26.0 Å². The lowest BCUT2D eigenvalue weighted by atomic mass is 10.0. The van der Waals surface area contributed by atoms with Crippen LogP contribution < -0.4 is 9.46 Å². The molecule has 0 bridgehead atoms. The number of nitrogens with zero attached hydrogens (tertiary/aromatic N) is 1. The Morgan fingerprint density at radius 2 is 1.91 bits per heavy atom. The molecular formula is C17H28N2O3S. The number of benzene rings is 1. The highest BCUT2D eigenvalue weighted by atomic mass is 32.2. The molecule has 0 aliphatic carbocycles. The summed E-state index contributed by atoms with van der Waals surface area (Å²) in [7, 11) is -1.55. The van der Waals surface area contributed by atoms with Crippen molar-refractivity contribution < 1.29 is 13.2 Å². The third-order valence-corrected chi connectivity index (χ3v) is 6.35. The van der Waals surface area contributed by atoms with Crippen molar-refractivity contribution in [2.75, 3.05) is 26.7 Å². The Kier molecular flexibility index (Phi) is 6.06. The Morgan fingerprint density at radius 3 is 2.48 bits per heavy atom. The van der Waals surface area contributed by atoms with Crippen LogP contribution in [0.1, 0.15) is 38.7 Å². The smallest absolute Gasteiger partial charge is 0.216 e. The highest BCUT2D eigenvalue weighted by Gasteiger charge is 2.33. The molecule has 23 heavy (non-hydrogen) atoms. The van der Waals surface area contributed by atoms with Gasteiger partial charge in [-0.3, -0.25) is 0 Å². The maximum atomic E-state index is 12.3. The molecule has 1 aliphatic heterocycles. The molecule has 1 N–H and O–H groups in total. The van der Waals surface area contributed by atoms with Gasteiger partial charge in [-0.1, -0.05) is 19.1 Å². The summed E-state index contributed by atoms with van der Waals surface area (Å²) < 4.78 is 32.4. The maximum Gasteiger partial charge on any atom is 0.216 e. The number of hydrogen-bond donors (Lipinski definition) is 1. The molecule has 130 valence electrons. The van der Waals surface area contributed by atoms with E-state index in [9.17, 15) is 8.42 Å². The molecule has 1 fully saturated rings. The molecule has 2 rings (SSSR count). The van der Waals surface area contributed by atoms with Crippen molar-refractivity contribution >= 4 is 10.0 Å². The van der Waals surface area contributed by atoms with E-state index in [4.69, 9.17) is 4.74 Å². The lowest BCUT2D eigenvalue weighted by Crippen LogP contribution is -2.40. The van der Waals surface area contributed by atoms with Crippen LogP contribution in [0.15, 0.2) is 24.3 Å². The average Bonchev–Trinajstić information content (AvgIpc) is 2.95. The zero-order valence-corrected chi connectivity index (χ0v) is 15.3. The van der Waals surface area contributed by atoms with E-state index >= 15 is 0 Å². The van der Waals surface area contributed by atoms with Crippen molar-refractivity contribution in [3.05, 3.63) is 29.8 Å². The molecule has 1 heterocycles. The van der Waals surface area contributed by atoms with Crippen LogP contribution in [-0.2, 0) is 10.0 Å². The predicted molar refractivity (Wildman–Crippen MR) is 93.4 cm³/mol. The van der Waals surface area contributed by atoms with E-state index in [1.54, 1.807) is 7.11 Å². The minimum atomic E-state index is -3.21. The van der Waals surface area contributed by atoms with Gasteiger partial charge in [0.1, 0.15) is 5.75 Å². The Hall–Kier alpha value is -1.11. The van der Waals surface area contributed by atoms with E-state index in [1.165, 1.54) is 5.56 Å². The molecule has 6 heteroatoms. The molecule has 0 aromatic heterocycles. The summed E-state index contributed by atoms with van der Waals surface area (Å²) in [5.41, 5.74) is 1.25. The van der Waals surface area contributed by atoms with E-state index in [-0.39, 0.29) is 11.3 Å².